The van der Waals surface area contributed by atoms with Crippen molar-refractivity contribution in [3.05, 3.63) is 36.0 Å². The second-order valence-electron chi connectivity index (χ2n) is 9.03. The van der Waals surface area contributed by atoms with E-state index in [0.717, 1.165) is 5.57 Å². The van der Waals surface area contributed by atoms with E-state index in [2.05, 4.69) is 0 Å². The predicted octanol–water partition coefficient (Wildman–Crippen LogP) is 1.22. The van der Waals surface area contributed by atoms with Crippen molar-refractivity contribution in [1.82, 2.24) is 0 Å². The molecule has 0 heterocycles. The molecule has 0 aromatic heterocycles. The largest absolute Gasteiger partial charge is 0.390 e. The van der Waals surface area contributed by atoms with E-state index in [-0.39, 0.29) is 12.8 Å². The molecule has 148 valence electrons. The van der Waals surface area contributed by atoms with Gasteiger partial charge in [-0.2, -0.15) is 0 Å². The molecule has 0 bridgehead atoms. The van der Waals surface area contributed by atoms with Crippen molar-refractivity contribution in [2.24, 2.45) is 22.7 Å². The van der Waals surface area contributed by atoms with E-state index in [0.29, 0.717) is 6.42 Å². The second kappa shape index (κ2) is 5.60. The minimum Gasteiger partial charge on any atom is -0.390 e. The first-order valence-corrected chi connectivity index (χ1v) is 9.55. The summed E-state index contributed by atoms with van der Waals surface area (Å²) in [6.45, 7) is 2.49. The highest BCUT2D eigenvalue weighted by molar-refractivity contribution is 5.90. The minimum absolute atomic E-state index is 0.0562. The molecular formula is C21H27FO5. The predicted molar refractivity (Wildman–Crippen MR) is 96.3 cm³/mol. The molecule has 4 aliphatic carbocycles. The Labute approximate surface area is 157 Å². The number of hydrogen-bond acceptors (Lipinski definition) is 5. The molecule has 4 N–H and O–H groups in total. The zero-order valence-corrected chi connectivity index (χ0v) is 15.6. The van der Waals surface area contributed by atoms with Gasteiger partial charge >= 0.3 is 0 Å². The molecule has 0 radical (unpaired) electrons. The number of carbonyl (C=O) groups is 1. The summed E-state index contributed by atoms with van der Waals surface area (Å²) in [5, 5.41) is 42.1. The fourth-order valence-corrected chi connectivity index (χ4v) is 6.59. The lowest BCUT2D eigenvalue weighted by Gasteiger charge is -2.61. The number of allylic oxidation sites excluding steroid dienone is 6. The van der Waals surface area contributed by atoms with Gasteiger partial charge in [-0.15, -0.1) is 0 Å². The molecular weight excluding hydrogens is 351 g/mol. The number of rotatable bonds is 2. The highest BCUT2D eigenvalue weighted by Crippen LogP contribution is 2.68. The van der Waals surface area contributed by atoms with Crippen molar-refractivity contribution in [1.29, 1.82) is 0 Å². The van der Waals surface area contributed by atoms with Crippen LogP contribution in [0.15, 0.2) is 36.0 Å². The van der Waals surface area contributed by atoms with E-state index in [1.807, 2.05) is 18.2 Å². The molecule has 0 aliphatic heterocycles. The van der Waals surface area contributed by atoms with Gasteiger partial charge in [-0.25, -0.2) is 4.39 Å². The third kappa shape index (κ3) is 1.95. The third-order valence-corrected chi connectivity index (χ3v) is 8.15. The van der Waals surface area contributed by atoms with Crippen LogP contribution in [0.5, 0.6) is 0 Å². The van der Waals surface area contributed by atoms with Gasteiger partial charge in [-0.1, -0.05) is 37.3 Å². The van der Waals surface area contributed by atoms with Crippen LogP contribution in [0.3, 0.4) is 0 Å². The molecule has 0 spiro atoms. The van der Waals surface area contributed by atoms with Crippen LogP contribution in [0, 0.1) is 22.7 Å². The van der Waals surface area contributed by atoms with Crippen LogP contribution in [0.1, 0.15) is 33.1 Å². The maximum Gasteiger partial charge on any atom is 0.192 e. The van der Waals surface area contributed by atoms with E-state index < -0.39 is 58.5 Å². The molecule has 5 nitrogen and oxygen atoms in total. The van der Waals surface area contributed by atoms with Crippen LogP contribution in [0.4, 0.5) is 4.39 Å². The number of fused-ring (bicyclic) bond motifs is 5. The fourth-order valence-electron chi connectivity index (χ4n) is 6.59. The first kappa shape index (κ1) is 19.0. The summed E-state index contributed by atoms with van der Waals surface area (Å²) in [4.78, 5) is 12.4. The standard InChI is InChI=1S/C21H27FO5/c1-18-8-4-3-5-12(18)6-7-13-14-9-15(24)21(27,17(26)11-23)19(14,2)10-16(25)20(13,18)22/h3-6,8,13-16,23-25,27H,7,9-11H2,1-2H3/t13-,14-,15+,16-,18-,19-,20-,21-/m0/s1. The number of alkyl halides is 1. The summed E-state index contributed by atoms with van der Waals surface area (Å²) in [5.41, 5.74) is -5.59. The van der Waals surface area contributed by atoms with Crippen LogP contribution in [-0.2, 0) is 4.79 Å². The van der Waals surface area contributed by atoms with Gasteiger partial charge in [0.2, 0.25) is 0 Å². The quantitative estimate of drug-likeness (QED) is 0.579. The molecule has 0 unspecified atom stereocenters. The highest BCUT2D eigenvalue weighted by atomic mass is 19.1. The number of halogens is 1. The van der Waals surface area contributed by atoms with Gasteiger partial charge in [0.05, 0.1) is 12.2 Å². The van der Waals surface area contributed by atoms with Gasteiger partial charge in [0, 0.05) is 16.7 Å². The molecule has 0 aromatic carbocycles. The summed E-state index contributed by atoms with van der Waals surface area (Å²) >= 11 is 0. The van der Waals surface area contributed by atoms with E-state index >= 15 is 4.39 Å². The Balaban J connectivity index is 1.86. The lowest BCUT2D eigenvalue weighted by Crippen LogP contribution is -2.69. The summed E-state index contributed by atoms with van der Waals surface area (Å²) < 4.78 is 16.7. The Morgan fingerprint density at radius 1 is 1.22 bits per heavy atom. The second-order valence-corrected chi connectivity index (χ2v) is 9.03. The smallest absolute Gasteiger partial charge is 0.192 e. The number of hydrogen-bond donors (Lipinski definition) is 4. The lowest BCUT2D eigenvalue weighted by atomic mass is 9.45. The molecule has 0 amide bonds. The van der Waals surface area contributed by atoms with Gasteiger partial charge in [-0.3, -0.25) is 4.79 Å². The van der Waals surface area contributed by atoms with Gasteiger partial charge < -0.3 is 20.4 Å². The number of aliphatic hydroxyl groups is 4. The zero-order chi connectivity index (χ0) is 19.8. The Kier molecular flexibility index (Phi) is 3.94. The van der Waals surface area contributed by atoms with E-state index in [1.165, 1.54) is 0 Å². The lowest BCUT2D eigenvalue weighted by molar-refractivity contribution is -0.217. The van der Waals surface area contributed by atoms with Crippen LogP contribution in [0.25, 0.3) is 0 Å². The number of carbonyl (C=O) groups excluding carboxylic acids is 1. The number of ketones is 1. The van der Waals surface area contributed by atoms with Gasteiger partial charge in [0.15, 0.2) is 17.1 Å². The number of Topliss-reactive ketones (excluding diaryl/α,β-unsaturated/α-hetero) is 1. The van der Waals surface area contributed by atoms with Crippen molar-refractivity contribution in [2.75, 3.05) is 6.61 Å². The first-order valence-electron chi connectivity index (χ1n) is 9.55. The molecule has 2 fully saturated rings. The van der Waals surface area contributed by atoms with Crippen molar-refractivity contribution in [2.45, 2.75) is 56.6 Å². The average Bonchev–Trinajstić information content (AvgIpc) is 2.83. The van der Waals surface area contributed by atoms with Crippen molar-refractivity contribution in [3.63, 3.8) is 0 Å². The molecule has 4 rings (SSSR count). The van der Waals surface area contributed by atoms with Crippen LogP contribution in [0.2, 0.25) is 0 Å². The van der Waals surface area contributed by atoms with Gasteiger partial charge in [-0.05, 0) is 37.7 Å². The number of aliphatic hydroxyl groups excluding tert-OH is 3. The Morgan fingerprint density at radius 3 is 2.59 bits per heavy atom. The maximum atomic E-state index is 16.7. The monoisotopic (exact) mass is 378 g/mol. The molecule has 27 heavy (non-hydrogen) atoms. The molecule has 0 saturated heterocycles. The zero-order valence-electron chi connectivity index (χ0n) is 15.6. The van der Waals surface area contributed by atoms with Crippen molar-refractivity contribution < 1.29 is 29.6 Å². The maximum absolute atomic E-state index is 16.7. The molecule has 8 atom stereocenters. The van der Waals surface area contributed by atoms with Gasteiger partial charge in [0.25, 0.3) is 0 Å². The SMILES string of the molecule is C[C@]12C=CC=CC1=CC[C@H]1[C@@H]3C[C@@H](O)[C@](O)(C(=O)CO)[C@@]3(C)C[C@H](O)[C@@]12F. The summed E-state index contributed by atoms with van der Waals surface area (Å²) in [7, 11) is 0. The van der Waals surface area contributed by atoms with Crippen molar-refractivity contribution >= 4 is 5.78 Å². The fraction of sp³-hybridized carbons (Fsp3) is 0.667. The van der Waals surface area contributed by atoms with Gasteiger partial charge in [0.1, 0.15) is 6.61 Å². The Morgan fingerprint density at radius 2 is 1.93 bits per heavy atom. The van der Waals surface area contributed by atoms with E-state index in [1.54, 1.807) is 26.0 Å². The van der Waals surface area contributed by atoms with Crippen molar-refractivity contribution in [3.8, 4) is 0 Å². The summed E-state index contributed by atoms with van der Waals surface area (Å²) in [6, 6.07) is 0. The normalized spacial score (nSPS) is 53.4. The molecule has 0 aromatic rings. The van der Waals surface area contributed by atoms with E-state index in [9.17, 15) is 25.2 Å². The molecule has 6 heteroatoms. The van der Waals surface area contributed by atoms with Crippen LogP contribution in [-0.4, -0.2) is 56.3 Å². The minimum atomic E-state index is -2.19. The third-order valence-electron chi connectivity index (χ3n) is 8.15. The summed E-state index contributed by atoms with van der Waals surface area (Å²) in [5.74, 6) is -2.04. The summed E-state index contributed by atoms with van der Waals surface area (Å²) in [6.07, 6.45) is 6.63. The van der Waals surface area contributed by atoms with Crippen LogP contribution >= 0.6 is 0 Å². The topological polar surface area (TPSA) is 98.0 Å². The highest BCUT2D eigenvalue weighted by Gasteiger charge is 2.75. The first-order chi connectivity index (χ1) is 12.6. The molecule has 2 saturated carbocycles. The Hall–Kier alpha value is -1.34. The Bertz CT molecular complexity index is 775. The van der Waals surface area contributed by atoms with Crippen LogP contribution < -0.4 is 0 Å². The molecule has 4 aliphatic rings. The van der Waals surface area contributed by atoms with E-state index in [4.69, 9.17) is 0 Å². The average molecular weight is 378 g/mol.